The van der Waals surface area contributed by atoms with Gasteiger partial charge in [-0.05, 0) is 25.5 Å². The lowest BCUT2D eigenvalue weighted by Gasteiger charge is -2.05. The molecule has 2 rings (SSSR count). The number of hydrogen-bond donors (Lipinski definition) is 1. The number of ether oxygens (including phenoxy) is 1. The fraction of sp³-hybridized carbons (Fsp3) is 0.357. The van der Waals surface area contributed by atoms with Crippen molar-refractivity contribution in [1.82, 2.24) is 4.57 Å². The van der Waals surface area contributed by atoms with Crippen LogP contribution in [0.15, 0.2) is 34.6 Å². The van der Waals surface area contributed by atoms with Crippen LogP contribution in [-0.2, 0) is 6.54 Å². The first-order valence-corrected chi connectivity index (χ1v) is 7.07. The van der Waals surface area contributed by atoms with E-state index >= 15 is 0 Å². The normalized spacial score (nSPS) is 11.8. The fourth-order valence-electron chi connectivity index (χ4n) is 1.83. The first-order valence-electron chi connectivity index (χ1n) is 6.20. The zero-order chi connectivity index (χ0) is 13.7. The van der Waals surface area contributed by atoms with Crippen LogP contribution in [0.4, 0.5) is 5.69 Å². The summed E-state index contributed by atoms with van der Waals surface area (Å²) in [6.45, 7) is 3.02. The molecule has 0 aliphatic rings. The van der Waals surface area contributed by atoms with Crippen LogP contribution in [-0.4, -0.2) is 23.4 Å². The maximum Gasteiger partial charge on any atom is 0.190 e. The van der Waals surface area contributed by atoms with E-state index < -0.39 is 0 Å². The van der Waals surface area contributed by atoms with Gasteiger partial charge in [0.05, 0.1) is 7.11 Å². The van der Waals surface area contributed by atoms with Crippen molar-refractivity contribution in [1.29, 1.82) is 0 Å². The molecule has 1 aromatic carbocycles. The molecular formula is C14H18N2O2S. The van der Waals surface area contributed by atoms with Gasteiger partial charge in [-0.1, -0.05) is 12.1 Å². The van der Waals surface area contributed by atoms with E-state index in [2.05, 4.69) is 21.9 Å². The highest BCUT2D eigenvalue weighted by molar-refractivity contribution is 7.07. The van der Waals surface area contributed by atoms with Gasteiger partial charge in [0.15, 0.2) is 4.80 Å². The number of benzene rings is 1. The Morgan fingerprint density at radius 1 is 1.37 bits per heavy atom. The molecule has 0 aliphatic carbocycles. The van der Waals surface area contributed by atoms with E-state index in [1.807, 2.05) is 24.3 Å². The van der Waals surface area contributed by atoms with Crippen molar-refractivity contribution in [2.24, 2.45) is 4.99 Å². The van der Waals surface area contributed by atoms with Crippen LogP contribution in [0.25, 0.3) is 0 Å². The van der Waals surface area contributed by atoms with Crippen LogP contribution >= 0.6 is 11.3 Å². The lowest BCUT2D eigenvalue weighted by molar-refractivity contribution is 0.279. The molecule has 0 bridgehead atoms. The lowest BCUT2D eigenvalue weighted by atomic mass is 10.3. The van der Waals surface area contributed by atoms with Crippen LogP contribution < -0.4 is 9.54 Å². The summed E-state index contributed by atoms with van der Waals surface area (Å²) in [5.41, 5.74) is 1.98. The zero-order valence-electron chi connectivity index (χ0n) is 11.2. The van der Waals surface area contributed by atoms with Gasteiger partial charge in [0, 0.05) is 24.2 Å². The third-order valence-corrected chi connectivity index (χ3v) is 3.81. The Kier molecular flexibility index (Phi) is 4.76. The molecule has 0 atom stereocenters. The Balaban J connectivity index is 2.43. The summed E-state index contributed by atoms with van der Waals surface area (Å²) >= 11 is 1.60. The lowest BCUT2D eigenvalue weighted by Crippen LogP contribution is -2.16. The Bertz CT molecular complexity index is 601. The topological polar surface area (TPSA) is 46.8 Å². The van der Waals surface area contributed by atoms with Gasteiger partial charge in [-0.2, -0.15) is 0 Å². The molecule has 2 aromatic rings. The molecule has 19 heavy (non-hydrogen) atoms. The highest BCUT2D eigenvalue weighted by Gasteiger charge is 2.03. The predicted molar refractivity (Wildman–Crippen MR) is 77.0 cm³/mol. The number of aryl methyl sites for hydroxylation is 1. The number of aliphatic hydroxyl groups is 1. The maximum atomic E-state index is 8.96. The minimum Gasteiger partial charge on any atom is -0.494 e. The van der Waals surface area contributed by atoms with Crippen LogP contribution in [0.3, 0.4) is 0 Å². The molecule has 0 radical (unpaired) electrons. The first-order chi connectivity index (χ1) is 9.26. The van der Waals surface area contributed by atoms with E-state index in [0.29, 0.717) is 0 Å². The molecule has 0 fully saturated rings. The highest BCUT2D eigenvalue weighted by Crippen LogP contribution is 2.25. The molecule has 1 heterocycles. The van der Waals surface area contributed by atoms with Crippen molar-refractivity contribution in [3.05, 3.63) is 40.1 Å². The van der Waals surface area contributed by atoms with Gasteiger partial charge < -0.3 is 14.4 Å². The van der Waals surface area contributed by atoms with Crippen molar-refractivity contribution >= 4 is 17.0 Å². The second-order valence-corrected chi connectivity index (χ2v) is 5.01. The van der Waals surface area contributed by atoms with E-state index in [1.54, 1.807) is 18.4 Å². The Morgan fingerprint density at radius 2 is 2.16 bits per heavy atom. The SMILES string of the molecule is COc1ccccc1N=c1scc(C)n1CCCO. The first kappa shape index (κ1) is 13.8. The summed E-state index contributed by atoms with van der Waals surface area (Å²) in [5.74, 6) is 0.766. The van der Waals surface area contributed by atoms with Crippen LogP contribution in [0, 0.1) is 6.92 Å². The molecule has 102 valence electrons. The largest absolute Gasteiger partial charge is 0.494 e. The average Bonchev–Trinajstić information content (AvgIpc) is 2.78. The summed E-state index contributed by atoms with van der Waals surface area (Å²) in [4.78, 5) is 5.59. The van der Waals surface area contributed by atoms with E-state index in [-0.39, 0.29) is 6.61 Å². The van der Waals surface area contributed by atoms with Gasteiger partial charge in [0.2, 0.25) is 0 Å². The zero-order valence-corrected chi connectivity index (χ0v) is 12.0. The quantitative estimate of drug-likeness (QED) is 0.913. The smallest absolute Gasteiger partial charge is 0.190 e. The Hall–Kier alpha value is -1.59. The Labute approximate surface area is 116 Å². The van der Waals surface area contributed by atoms with E-state index in [9.17, 15) is 0 Å². The molecule has 0 amide bonds. The maximum absolute atomic E-state index is 8.96. The van der Waals surface area contributed by atoms with Gasteiger partial charge in [-0.15, -0.1) is 11.3 Å². The van der Waals surface area contributed by atoms with Crippen LogP contribution in [0.5, 0.6) is 5.75 Å². The van der Waals surface area contributed by atoms with E-state index in [1.165, 1.54) is 0 Å². The second kappa shape index (κ2) is 6.54. The van der Waals surface area contributed by atoms with Gasteiger partial charge >= 0.3 is 0 Å². The summed E-state index contributed by atoms with van der Waals surface area (Å²) < 4.78 is 7.43. The van der Waals surface area contributed by atoms with Crippen LogP contribution in [0.2, 0.25) is 0 Å². The molecule has 1 aromatic heterocycles. The third kappa shape index (κ3) is 3.24. The van der Waals surface area contributed by atoms with Crippen molar-refractivity contribution in [2.75, 3.05) is 13.7 Å². The molecule has 0 spiro atoms. The number of hydrogen-bond acceptors (Lipinski definition) is 4. The number of rotatable bonds is 5. The van der Waals surface area contributed by atoms with Gasteiger partial charge in [0.25, 0.3) is 0 Å². The van der Waals surface area contributed by atoms with E-state index in [0.717, 1.165) is 34.9 Å². The number of aliphatic hydroxyl groups excluding tert-OH is 1. The van der Waals surface area contributed by atoms with Gasteiger partial charge in [0.1, 0.15) is 11.4 Å². The number of aromatic nitrogens is 1. The van der Waals surface area contributed by atoms with Crippen molar-refractivity contribution in [3.63, 3.8) is 0 Å². The Morgan fingerprint density at radius 3 is 2.89 bits per heavy atom. The molecule has 0 saturated heterocycles. The van der Waals surface area contributed by atoms with Crippen molar-refractivity contribution in [2.45, 2.75) is 19.9 Å². The minimum absolute atomic E-state index is 0.191. The second-order valence-electron chi connectivity index (χ2n) is 4.17. The van der Waals surface area contributed by atoms with Gasteiger partial charge in [-0.3, -0.25) is 0 Å². The molecule has 4 nitrogen and oxygen atoms in total. The van der Waals surface area contributed by atoms with E-state index in [4.69, 9.17) is 9.84 Å². The number of para-hydroxylation sites is 2. The summed E-state index contributed by atoms with van der Waals surface area (Å²) in [7, 11) is 1.65. The molecule has 0 unspecified atom stereocenters. The minimum atomic E-state index is 0.191. The predicted octanol–water partition coefficient (Wildman–Crippen LogP) is 2.48. The number of methoxy groups -OCH3 is 1. The number of thiazole rings is 1. The number of nitrogens with zero attached hydrogens (tertiary/aromatic N) is 2. The summed E-state index contributed by atoms with van der Waals surface area (Å²) in [6, 6.07) is 7.71. The summed E-state index contributed by atoms with van der Waals surface area (Å²) in [6.07, 6.45) is 0.733. The summed E-state index contributed by atoms with van der Waals surface area (Å²) in [5, 5.41) is 11.0. The monoisotopic (exact) mass is 278 g/mol. The van der Waals surface area contributed by atoms with Gasteiger partial charge in [-0.25, -0.2) is 4.99 Å². The molecule has 0 aliphatic heterocycles. The molecule has 5 heteroatoms. The standard InChI is InChI=1S/C14H18N2O2S/c1-11-10-19-14(16(11)8-5-9-17)15-12-6-3-4-7-13(12)18-2/h3-4,6-7,10,17H,5,8-9H2,1-2H3. The van der Waals surface area contributed by atoms with Crippen molar-refractivity contribution in [3.8, 4) is 5.75 Å². The highest BCUT2D eigenvalue weighted by atomic mass is 32.1. The average molecular weight is 278 g/mol. The fourth-order valence-corrected chi connectivity index (χ4v) is 2.75. The third-order valence-electron chi connectivity index (χ3n) is 2.83. The van der Waals surface area contributed by atoms with Crippen LogP contribution in [0.1, 0.15) is 12.1 Å². The molecule has 1 N–H and O–H groups in total. The molecule has 0 saturated carbocycles. The van der Waals surface area contributed by atoms with Crippen molar-refractivity contribution < 1.29 is 9.84 Å². The molecular weight excluding hydrogens is 260 g/mol.